The molecule has 1 heterocycles. The molecule has 2 rings (SSSR count). The van der Waals surface area contributed by atoms with Crippen molar-refractivity contribution >= 4 is 22.9 Å². The zero-order chi connectivity index (χ0) is 12.8. The Balaban J connectivity index is 1.97. The molecule has 0 unspecified atom stereocenters. The van der Waals surface area contributed by atoms with Crippen LogP contribution in [0.5, 0.6) is 0 Å². The van der Waals surface area contributed by atoms with E-state index in [4.69, 9.17) is 18.0 Å². The van der Waals surface area contributed by atoms with Crippen LogP contribution in [0.4, 0.5) is 5.69 Å². The van der Waals surface area contributed by atoms with Crippen LogP contribution >= 0.6 is 12.2 Å². The predicted octanol–water partition coefficient (Wildman–Crippen LogP) is 2.37. The summed E-state index contributed by atoms with van der Waals surface area (Å²) in [5.74, 6) is 0. The number of hydrogen-bond donors (Lipinski definition) is 2. The number of pyridine rings is 1. The Morgan fingerprint density at radius 2 is 2.00 bits per heavy atom. The van der Waals surface area contributed by atoms with Crippen LogP contribution in [0, 0.1) is 0 Å². The van der Waals surface area contributed by atoms with Crippen LogP contribution in [0.3, 0.4) is 0 Å². The molecular formula is C14H15N3S. The second-order valence-corrected chi connectivity index (χ2v) is 4.39. The Hall–Kier alpha value is -1.94. The first-order valence-electron chi connectivity index (χ1n) is 5.79. The monoisotopic (exact) mass is 257 g/mol. The highest BCUT2D eigenvalue weighted by Gasteiger charge is 2.03. The number of aromatic nitrogens is 1. The average molecular weight is 257 g/mol. The molecule has 3 N–H and O–H groups in total. The molecule has 92 valence electrons. The van der Waals surface area contributed by atoms with Crippen molar-refractivity contribution in [3.05, 3.63) is 59.9 Å². The number of benzene rings is 1. The zero-order valence-corrected chi connectivity index (χ0v) is 10.8. The van der Waals surface area contributed by atoms with Gasteiger partial charge >= 0.3 is 0 Å². The lowest BCUT2D eigenvalue weighted by Crippen LogP contribution is -2.14. The first-order valence-corrected chi connectivity index (χ1v) is 6.20. The molecule has 0 atom stereocenters. The lowest BCUT2D eigenvalue weighted by molar-refractivity contribution is 1.02. The van der Waals surface area contributed by atoms with Gasteiger partial charge in [-0.25, -0.2) is 0 Å². The molecule has 0 aliphatic rings. The maximum Gasteiger partial charge on any atom is 0.106 e. The SMILES string of the molecule is NC(=S)c1ccncc1NCCc1ccccc1. The number of thiocarbonyl (C=S) groups is 1. The Kier molecular flexibility index (Phi) is 4.25. The van der Waals surface area contributed by atoms with Crippen LogP contribution in [0.15, 0.2) is 48.8 Å². The summed E-state index contributed by atoms with van der Waals surface area (Å²) in [5.41, 5.74) is 8.69. The summed E-state index contributed by atoms with van der Waals surface area (Å²) < 4.78 is 0. The van der Waals surface area contributed by atoms with Crippen molar-refractivity contribution in [1.29, 1.82) is 0 Å². The third-order valence-corrected chi connectivity index (χ3v) is 2.88. The van der Waals surface area contributed by atoms with Gasteiger partial charge in [0.15, 0.2) is 0 Å². The van der Waals surface area contributed by atoms with Gasteiger partial charge in [0.2, 0.25) is 0 Å². The van der Waals surface area contributed by atoms with E-state index in [1.165, 1.54) is 5.56 Å². The number of nitrogens with one attached hydrogen (secondary N) is 1. The Bertz CT molecular complexity index is 526. The highest BCUT2D eigenvalue weighted by molar-refractivity contribution is 7.80. The molecule has 2 aromatic rings. The minimum Gasteiger partial charge on any atom is -0.389 e. The molecule has 18 heavy (non-hydrogen) atoms. The molecule has 0 fully saturated rings. The standard InChI is InChI=1S/C14H15N3S/c15-14(18)12-7-8-16-10-13(12)17-9-6-11-4-2-1-3-5-11/h1-5,7-8,10,17H,6,9H2,(H2,15,18). The molecule has 0 amide bonds. The van der Waals surface area contributed by atoms with Crippen molar-refractivity contribution in [2.75, 3.05) is 11.9 Å². The number of hydrogen-bond acceptors (Lipinski definition) is 3. The lowest BCUT2D eigenvalue weighted by Gasteiger charge is -2.10. The van der Waals surface area contributed by atoms with Crippen LogP contribution in [0.2, 0.25) is 0 Å². The summed E-state index contributed by atoms with van der Waals surface area (Å²) in [7, 11) is 0. The number of nitrogens with zero attached hydrogens (tertiary/aromatic N) is 1. The van der Waals surface area contributed by atoms with Gasteiger partial charge in [0.05, 0.1) is 11.9 Å². The van der Waals surface area contributed by atoms with E-state index in [1.807, 2.05) is 24.3 Å². The second-order valence-electron chi connectivity index (χ2n) is 3.95. The molecular weight excluding hydrogens is 242 g/mol. The van der Waals surface area contributed by atoms with E-state index < -0.39 is 0 Å². The van der Waals surface area contributed by atoms with Gasteiger partial charge in [-0.15, -0.1) is 0 Å². The van der Waals surface area contributed by atoms with E-state index in [-0.39, 0.29) is 0 Å². The highest BCUT2D eigenvalue weighted by atomic mass is 32.1. The Morgan fingerprint density at radius 1 is 1.22 bits per heavy atom. The third-order valence-electron chi connectivity index (χ3n) is 2.66. The first-order chi connectivity index (χ1) is 8.77. The summed E-state index contributed by atoms with van der Waals surface area (Å²) in [6.07, 6.45) is 4.39. The molecule has 1 aromatic carbocycles. The molecule has 0 spiro atoms. The van der Waals surface area contributed by atoms with Gasteiger partial charge < -0.3 is 11.1 Å². The summed E-state index contributed by atoms with van der Waals surface area (Å²) in [6, 6.07) is 12.1. The van der Waals surface area contributed by atoms with Gasteiger partial charge in [0.1, 0.15) is 4.99 Å². The van der Waals surface area contributed by atoms with Crippen molar-refractivity contribution in [3.8, 4) is 0 Å². The summed E-state index contributed by atoms with van der Waals surface area (Å²) in [6.45, 7) is 0.825. The molecule has 3 nitrogen and oxygen atoms in total. The van der Waals surface area contributed by atoms with Gasteiger partial charge in [0.25, 0.3) is 0 Å². The van der Waals surface area contributed by atoms with E-state index in [1.54, 1.807) is 12.4 Å². The van der Waals surface area contributed by atoms with E-state index in [0.717, 1.165) is 24.2 Å². The summed E-state index contributed by atoms with van der Waals surface area (Å²) >= 11 is 5.00. The molecule has 0 radical (unpaired) electrons. The Morgan fingerprint density at radius 3 is 2.72 bits per heavy atom. The van der Waals surface area contributed by atoms with Crippen molar-refractivity contribution in [2.24, 2.45) is 5.73 Å². The quantitative estimate of drug-likeness (QED) is 0.807. The van der Waals surface area contributed by atoms with Gasteiger partial charge in [-0.1, -0.05) is 42.5 Å². The van der Waals surface area contributed by atoms with Gasteiger partial charge in [-0.05, 0) is 18.1 Å². The fourth-order valence-corrected chi connectivity index (χ4v) is 1.91. The predicted molar refractivity (Wildman–Crippen MR) is 78.8 cm³/mol. The van der Waals surface area contributed by atoms with Gasteiger partial charge in [-0.3, -0.25) is 4.98 Å². The molecule has 1 aromatic heterocycles. The van der Waals surface area contributed by atoms with Crippen LogP contribution in [-0.4, -0.2) is 16.5 Å². The zero-order valence-electron chi connectivity index (χ0n) is 9.97. The smallest absolute Gasteiger partial charge is 0.106 e. The Labute approximate surface area is 112 Å². The maximum absolute atomic E-state index is 5.66. The number of nitrogens with two attached hydrogens (primary N) is 1. The highest BCUT2D eigenvalue weighted by Crippen LogP contribution is 2.13. The topological polar surface area (TPSA) is 50.9 Å². The van der Waals surface area contributed by atoms with Crippen molar-refractivity contribution < 1.29 is 0 Å². The van der Waals surface area contributed by atoms with Crippen molar-refractivity contribution in [2.45, 2.75) is 6.42 Å². The van der Waals surface area contributed by atoms with Crippen molar-refractivity contribution in [3.63, 3.8) is 0 Å². The minimum atomic E-state index is 0.389. The largest absolute Gasteiger partial charge is 0.389 e. The fraction of sp³-hybridized carbons (Fsp3) is 0.143. The van der Waals surface area contributed by atoms with Crippen molar-refractivity contribution in [1.82, 2.24) is 4.98 Å². The first kappa shape index (κ1) is 12.5. The van der Waals surface area contributed by atoms with Gasteiger partial charge in [0, 0.05) is 18.3 Å². The molecule has 0 saturated heterocycles. The maximum atomic E-state index is 5.66. The summed E-state index contributed by atoms with van der Waals surface area (Å²) in [5, 5.41) is 3.31. The normalized spacial score (nSPS) is 10.0. The fourth-order valence-electron chi connectivity index (χ4n) is 1.74. The molecule has 0 aliphatic carbocycles. The molecule has 0 saturated carbocycles. The molecule has 0 aliphatic heterocycles. The van der Waals surface area contributed by atoms with Crippen LogP contribution in [0.1, 0.15) is 11.1 Å². The second kappa shape index (κ2) is 6.12. The molecule has 0 bridgehead atoms. The van der Waals surface area contributed by atoms with E-state index in [2.05, 4.69) is 22.4 Å². The third kappa shape index (κ3) is 3.28. The number of anilines is 1. The van der Waals surface area contributed by atoms with E-state index in [0.29, 0.717) is 4.99 Å². The van der Waals surface area contributed by atoms with Crippen LogP contribution in [-0.2, 0) is 6.42 Å². The van der Waals surface area contributed by atoms with Crippen LogP contribution in [0.25, 0.3) is 0 Å². The lowest BCUT2D eigenvalue weighted by atomic mass is 10.1. The van der Waals surface area contributed by atoms with Crippen LogP contribution < -0.4 is 11.1 Å². The number of rotatable bonds is 5. The summed E-state index contributed by atoms with van der Waals surface area (Å²) in [4.78, 5) is 4.46. The van der Waals surface area contributed by atoms with E-state index in [9.17, 15) is 0 Å². The molecule has 4 heteroatoms. The van der Waals surface area contributed by atoms with Gasteiger partial charge in [-0.2, -0.15) is 0 Å². The average Bonchev–Trinajstić information content (AvgIpc) is 2.40. The van der Waals surface area contributed by atoms with E-state index >= 15 is 0 Å². The minimum absolute atomic E-state index is 0.389.